The number of benzene rings is 1. The first-order valence-corrected chi connectivity index (χ1v) is 10.9. The van der Waals surface area contributed by atoms with Gasteiger partial charge in [0.15, 0.2) is 5.82 Å². The molecular weight excluding hydrogens is 420 g/mol. The van der Waals surface area contributed by atoms with Gasteiger partial charge in [-0.1, -0.05) is 6.07 Å². The van der Waals surface area contributed by atoms with Crippen LogP contribution < -0.4 is 14.8 Å². The van der Waals surface area contributed by atoms with Gasteiger partial charge in [0.05, 0.1) is 26.1 Å². The molecule has 0 bridgehead atoms. The molecule has 0 spiro atoms. The first-order chi connectivity index (χ1) is 16.0. The molecule has 9 nitrogen and oxygen atoms in total. The van der Waals surface area contributed by atoms with E-state index < -0.39 is 0 Å². The molecule has 9 heteroatoms. The maximum atomic E-state index is 13.2. The number of hydrogen-bond acceptors (Lipinski definition) is 8. The molecule has 4 rings (SSSR count). The lowest BCUT2D eigenvalue weighted by molar-refractivity contribution is 0.0705. The third-order valence-corrected chi connectivity index (χ3v) is 5.72. The number of likely N-dealkylation sites (tertiary alicyclic amines) is 1. The zero-order chi connectivity index (χ0) is 23.4. The fourth-order valence-electron chi connectivity index (χ4n) is 4.13. The molecule has 3 heterocycles. The van der Waals surface area contributed by atoms with Crippen LogP contribution in [0.3, 0.4) is 0 Å². The molecule has 172 valence electrons. The van der Waals surface area contributed by atoms with E-state index in [4.69, 9.17) is 14.5 Å². The highest BCUT2D eigenvalue weighted by molar-refractivity contribution is 5.99. The number of methoxy groups -OCH3 is 2. The van der Waals surface area contributed by atoms with Crippen molar-refractivity contribution in [2.45, 2.75) is 32.6 Å². The smallest absolute Gasteiger partial charge is 0.261 e. The van der Waals surface area contributed by atoms with E-state index in [1.807, 2.05) is 30.9 Å². The number of anilines is 2. The van der Waals surface area contributed by atoms with Gasteiger partial charge in [0.2, 0.25) is 5.95 Å². The number of aryl methyl sites for hydroxylation is 2. The van der Waals surface area contributed by atoms with Crippen LogP contribution in [0.25, 0.3) is 0 Å². The Bertz CT molecular complexity index is 1100. The van der Waals surface area contributed by atoms with E-state index in [1.165, 1.54) is 0 Å². The molecule has 33 heavy (non-hydrogen) atoms. The summed E-state index contributed by atoms with van der Waals surface area (Å²) in [6, 6.07) is 7.28. The van der Waals surface area contributed by atoms with E-state index in [0.29, 0.717) is 41.9 Å². The van der Waals surface area contributed by atoms with Gasteiger partial charge in [-0.3, -0.25) is 9.78 Å². The van der Waals surface area contributed by atoms with Crippen LogP contribution in [0.4, 0.5) is 11.8 Å². The van der Waals surface area contributed by atoms with Crippen molar-refractivity contribution in [2.24, 2.45) is 0 Å². The maximum Gasteiger partial charge on any atom is 0.261 e. The Labute approximate surface area is 193 Å². The lowest BCUT2D eigenvalue weighted by atomic mass is 9.93. The number of rotatable bonds is 6. The first kappa shape index (κ1) is 22.4. The largest absolute Gasteiger partial charge is 0.496 e. The normalized spacial score (nSPS) is 14.1. The molecule has 1 saturated heterocycles. The van der Waals surface area contributed by atoms with E-state index in [9.17, 15) is 4.79 Å². The van der Waals surface area contributed by atoms with E-state index in [2.05, 4.69) is 20.3 Å². The number of piperidine rings is 1. The molecular formula is C24H28N6O3. The fourth-order valence-corrected chi connectivity index (χ4v) is 4.13. The number of nitrogens with zero attached hydrogens (tertiary/aromatic N) is 5. The Hall–Kier alpha value is -3.75. The van der Waals surface area contributed by atoms with Crippen LogP contribution in [-0.4, -0.2) is 58.1 Å². The number of ether oxygens (including phenoxy) is 2. The maximum absolute atomic E-state index is 13.2. The van der Waals surface area contributed by atoms with Crippen molar-refractivity contribution in [2.75, 3.05) is 32.6 Å². The van der Waals surface area contributed by atoms with Gasteiger partial charge in [0.1, 0.15) is 17.1 Å². The predicted octanol–water partition coefficient (Wildman–Crippen LogP) is 3.66. The zero-order valence-electron chi connectivity index (χ0n) is 19.3. The highest BCUT2D eigenvalue weighted by Crippen LogP contribution is 2.33. The third-order valence-electron chi connectivity index (χ3n) is 5.72. The van der Waals surface area contributed by atoms with E-state index in [0.717, 1.165) is 29.9 Å². The standard InChI is InChI=1S/C24H28N6O3/c1-15-12-16(2)27-24(26-15)29-21-14-25-13-18(28-21)17-8-10-30(11-9-17)23(31)22-19(32-3)6-5-7-20(22)33-4/h5-7,12-14,17H,8-11H2,1-4H3,(H,26,27,28,29). The predicted molar refractivity (Wildman–Crippen MR) is 124 cm³/mol. The summed E-state index contributed by atoms with van der Waals surface area (Å²) >= 11 is 0. The molecule has 1 fully saturated rings. The Morgan fingerprint density at radius 1 is 1.00 bits per heavy atom. The SMILES string of the molecule is COc1cccc(OC)c1C(=O)N1CCC(c2cncc(Nc3nc(C)cc(C)n3)n2)CC1. The number of hydrogen-bond donors (Lipinski definition) is 1. The van der Waals surface area contributed by atoms with Gasteiger partial charge in [-0.25, -0.2) is 15.0 Å². The molecule has 3 aromatic rings. The van der Waals surface area contributed by atoms with Crippen LogP contribution in [0.15, 0.2) is 36.7 Å². The monoisotopic (exact) mass is 448 g/mol. The minimum absolute atomic E-state index is 0.0868. The van der Waals surface area contributed by atoms with Crippen molar-refractivity contribution in [3.8, 4) is 11.5 Å². The van der Waals surface area contributed by atoms with Crippen molar-refractivity contribution in [1.29, 1.82) is 0 Å². The van der Waals surface area contributed by atoms with E-state index in [-0.39, 0.29) is 11.8 Å². The fraction of sp³-hybridized carbons (Fsp3) is 0.375. The molecule has 2 aromatic heterocycles. The second-order valence-corrected chi connectivity index (χ2v) is 8.03. The van der Waals surface area contributed by atoms with Gasteiger partial charge < -0.3 is 19.7 Å². The van der Waals surface area contributed by atoms with Crippen molar-refractivity contribution in [3.05, 3.63) is 59.3 Å². The van der Waals surface area contributed by atoms with Crippen molar-refractivity contribution < 1.29 is 14.3 Å². The summed E-state index contributed by atoms with van der Waals surface area (Å²) < 4.78 is 10.8. The van der Waals surface area contributed by atoms with Crippen LogP contribution in [0.1, 0.15) is 46.2 Å². The van der Waals surface area contributed by atoms with Crippen molar-refractivity contribution in [3.63, 3.8) is 0 Å². The molecule has 1 amide bonds. The van der Waals surface area contributed by atoms with E-state index >= 15 is 0 Å². The van der Waals surface area contributed by atoms with Crippen LogP contribution >= 0.6 is 0 Å². The molecule has 1 aliphatic rings. The van der Waals surface area contributed by atoms with Crippen LogP contribution in [-0.2, 0) is 0 Å². The molecule has 1 N–H and O–H groups in total. The van der Waals surface area contributed by atoms with Gasteiger partial charge >= 0.3 is 0 Å². The lowest BCUT2D eigenvalue weighted by Gasteiger charge is -2.32. The van der Waals surface area contributed by atoms with Crippen LogP contribution in [0, 0.1) is 13.8 Å². The summed E-state index contributed by atoms with van der Waals surface area (Å²) in [7, 11) is 3.11. The molecule has 0 radical (unpaired) electrons. The van der Waals surface area contributed by atoms with Crippen LogP contribution in [0.5, 0.6) is 11.5 Å². The second-order valence-electron chi connectivity index (χ2n) is 8.03. The van der Waals surface area contributed by atoms with Gasteiger partial charge in [-0.05, 0) is 44.9 Å². The quantitative estimate of drug-likeness (QED) is 0.609. The molecule has 0 atom stereocenters. The van der Waals surface area contributed by atoms with Gasteiger partial charge in [0, 0.05) is 36.6 Å². The highest BCUT2D eigenvalue weighted by atomic mass is 16.5. The number of carbonyl (C=O) groups is 1. The molecule has 1 aliphatic heterocycles. The second kappa shape index (κ2) is 9.81. The topological polar surface area (TPSA) is 102 Å². The Morgan fingerprint density at radius 3 is 2.24 bits per heavy atom. The summed E-state index contributed by atoms with van der Waals surface area (Å²) in [5, 5.41) is 3.15. The Balaban J connectivity index is 1.44. The van der Waals surface area contributed by atoms with Gasteiger partial charge in [-0.2, -0.15) is 0 Å². The number of nitrogens with one attached hydrogen (secondary N) is 1. The highest BCUT2D eigenvalue weighted by Gasteiger charge is 2.29. The summed E-state index contributed by atoms with van der Waals surface area (Å²) in [6.45, 7) is 5.09. The number of aromatic nitrogens is 4. The summed E-state index contributed by atoms with van der Waals surface area (Å²) in [5.41, 5.74) is 3.13. The summed E-state index contributed by atoms with van der Waals surface area (Å²) in [4.78, 5) is 33.0. The van der Waals surface area contributed by atoms with Gasteiger partial charge in [0.25, 0.3) is 5.91 Å². The minimum Gasteiger partial charge on any atom is -0.496 e. The van der Waals surface area contributed by atoms with Crippen molar-refractivity contribution >= 4 is 17.7 Å². The third kappa shape index (κ3) is 5.02. The first-order valence-electron chi connectivity index (χ1n) is 10.9. The minimum atomic E-state index is -0.0868. The molecule has 0 aliphatic carbocycles. The van der Waals surface area contributed by atoms with Crippen molar-refractivity contribution in [1.82, 2.24) is 24.8 Å². The van der Waals surface area contributed by atoms with Crippen LogP contribution in [0.2, 0.25) is 0 Å². The molecule has 0 saturated carbocycles. The average Bonchev–Trinajstić information content (AvgIpc) is 2.82. The number of carbonyl (C=O) groups excluding carboxylic acids is 1. The summed E-state index contributed by atoms with van der Waals surface area (Å²) in [6.07, 6.45) is 5.04. The zero-order valence-corrected chi connectivity index (χ0v) is 19.3. The van der Waals surface area contributed by atoms with Gasteiger partial charge in [-0.15, -0.1) is 0 Å². The summed E-state index contributed by atoms with van der Waals surface area (Å²) in [5.74, 6) is 2.26. The Morgan fingerprint density at radius 2 is 1.64 bits per heavy atom. The molecule has 1 aromatic carbocycles. The molecule has 0 unspecified atom stereocenters. The van der Waals surface area contributed by atoms with E-state index in [1.54, 1.807) is 38.7 Å². The Kier molecular flexibility index (Phi) is 6.67. The average molecular weight is 449 g/mol. The lowest BCUT2D eigenvalue weighted by Crippen LogP contribution is -2.38. The number of amides is 1.